The molecule has 4 heteroatoms. The molecule has 0 saturated heterocycles. The van der Waals surface area contributed by atoms with Crippen LogP contribution in [-0.4, -0.2) is 20.2 Å². The molecule has 0 fully saturated rings. The van der Waals surface area contributed by atoms with Crippen LogP contribution in [0.15, 0.2) is 72.8 Å². The Labute approximate surface area is 153 Å². The average Bonchev–Trinajstić information content (AvgIpc) is 2.71. The molecule has 0 amide bonds. The Morgan fingerprint density at radius 3 is 2.31 bits per heavy atom. The van der Waals surface area contributed by atoms with Gasteiger partial charge >= 0.3 is 0 Å². The standard InChI is InChI=1S/C22H20O4/c1-24-16-26-21-13-6-5-11-19(21)20-12-7-10-18(14-23)22(20)25-15-17-8-3-2-4-9-17/h2-14H,15-16H2,1H3. The van der Waals surface area contributed by atoms with Gasteiger partial charge in [-0.3, -0.25) is 4.79 Å². The van der Waals surface area contributed by atoms with Crippen LogP contribution in [0.25, 0.3) is 11.1 Å². The first kappa shape index (κ1) is 17.7. The zero-order chi connectivity index (χ0) is 18.2. The number of ether oxygens (including phenoxy) is 3. The predicted octanol–water partition coefficient (Wildman–Crippen LogP) is 4.73. The zero-order valence-corrected chi connectivity index (χ0v) is 14.6. The van der Waals surface area contributed by atoms with E-state index in [-0.39, 0.29) is 6.79 Å². The quantitative estimate of drug-likeness (QED) is 0.436. The summed E-state index contributed by atoms with van der Waals surface area (Å²) in [5, 5.41) is 0. The highest BCUT2D eigenvalue weighted by molar-refractivity contribution is 5.87. The molecule has 3 aromatic rings. The van der Waals surface area contributed by atoms with E-state index >= 15 is 0 Å². The lowest BCUT2D eigenvalue weighted by Crippen LogP contribution is -2.03. The first-order chi connectivity index (χ1) is 12.8. The molecule has 0 spiro atoms. The van der Waals surface area contributed by atoms with Crippen molar-refractivity contribution >= 4 is 6.29 Å². The van der Waals surface area contributed by atoms with E-state index in [9.17, 15) is 4.79 Å². The number of methoxy groups -OCH3 is 1. The summed E-state index contributed by atoms with van der Waals surface area (Å²) in [7, 11) is 1.57. The molecule has 0 aliphatic heterocycles. The molecule has 132 valence electrons. The van der Waals surface area contributed by atoms with Crippen molar-refractivity contribution in [2.24, 2.45) is 0 Å². The van der Waals surface area contributed by atoms with Crippen molar-refractivity contribution in [3.8, 4) is 22.6 Å². The summed E-state index contributed by atoms with van der Waals surface area (Å²) < 4.78 is 16.7. The van der Waals surface area contributed by atoms with Gasteiger partial charge in [0.2, 0.25) is 0 Å². The van der Waals surface area contributed by atoms with Crippen molar-refractivity contribution in [2.75, 3.05) is 13.9 Å². The van der Waals surface area contributed by atoms with Gasteiger partial charge in [0, 0.05) is 18.2 Å². The van der Waals surface area contributed by atoms with E-state index in [4.69, 9.17) is 14.2 Å². The number of hydrogen-bond donors (Lipinski definition) is 0. The molecule has 26 heavy (non-hydrogen) atoms. The molecule has 0 heterocycles. The van der Waals surface area contributed by atoms with Gasteiger partial charge in [0.15, 0.2) is 13.1 Å². The lowest BCUT2D eigenvalue weighted by atomic mass is 10.0. The second kappa shape index (κ2) is 8.83. The highest BCUT2D eigenvalue weighted by Crippen LogP contribution is 2.38. The highest BCUT2D eigenvalue weighted by Gasteiger charge is 2.15. The van der Waals surface area contributed by atoms with Crippen molar-refractivity contribution < 1.29 is 19.0 Å². The first-order valence-corrected chi connectivity index (χ1v) is 8.29. The molecule has 0 atom stereocenters. The third-order valence-corrected chi connectivity index (χ3v) is 3.91. The molecule has 0 saturated carbocycles. The fourth-order valence-electron chi connectivity index (χ4n) is 2.69. The molecule has 3 rings (SSSR count). The van der Waals surface area contributed by atoms with Gasteiger partial charge in [-0.05, 0) is 17.7 Å². The average molecular weight is 348 g/mol. The van der Waals surface area contributed by atoms with Gasteiger partial charge in [-0.2, -0.15) is 0 Å². The lowest BCUT2D eigenvalue weighted by Gasteiger charge is -2.16. The Bertz CT molecular complexity index is 859. The largest absolute Gasteiger partial charge is 0.488 e. The smallest absolute Gasteiger partial charge is 0.188 e. The van der Waals surface area contributed by atoms with Gasteiger partial charge in [-0.1, -0.05) is 60.7 Å². The van der Waals surface area contributed by atoms with Gasteiger partial charge in [0.1, 0.15) is 18.1 Å². The molecule has 0 aliphatic carbocycles. The summed E-state index contributed by atoms with van der Waals surface area (Å²) in [5.74, 6) is 1.21. The maximum Gasteiger partial charge on any atom is 0.188 e. The number of benzene rings is 3. The molecule has 0 unspecified atom stereocenters. The zero-order valence-electron chi connectivity index (χ0n) is 14.6. The SMILES string of the molecule is COCOc1ccccc1-c1cccc(C=O)c1OCc1ccccc1. The Hall–Kier alpha value is -3.11. The van der Waals surface area contributed by atoms with Gasteiger partial charge in [-0.25, -0.2) is 0 Å². The van der Waals surface area contributed by atoms with Gasteiger partial charge in [-0.15, -0.1) is 0 Å². The number of rotatable bonds is 8. The molecule has 0 radical (unpaired) electrons. The Balaban J connectivity index is 1.98. The maximum atomic E-state index is 11.5. The van der Waals surface area contributed by atoms with E-state index in [1.165, 1.54) is 0 Å². The first-order valence-electron chi connectivity index (χ1n) is 8.29. The fraction of sp³-hybridized carbons (Fsp3) is 0.136. The summed E-state index contributed by atoms with van der Waals surface area (Å²) in [6.07, 6.45) is 0.808. The number of carbonyl (C=O) groups excluding carboxylic acids is 1. The topological polar surface area (TPSA) is 44.8 Å². The van der Waals surface area contributed by atoms with Crippen LogP contribution < -0.4 is 9.47 Å². The van der Waals surface area contributed by atoms with E-state index in [2.05, 4.69) is 0 Å². The Kier molecular flexibility index (Phi) is 6.01. The third-order valence-electron chi connectivity index (χ3n) is 3.91. The number of para-hydroxylation sites is 2. The number of carbonyl (C=O) groups is 1. The van der Waals surface area contributed by atoms with Crippen molar-refractivity contribution in [2.45, 2.75) is 6.61 Å². The van der Waals surface area contributed by atoms with Crippen molar-refractivity contribution in [1.82, 2.24) is 0 Å². The van der Waals surface area contributed by atoms with E-state index in [0.29, 0.717) is 23.7 Å². The molecule has 3 aromatic carbocycles. The van der Waals surface area contributed by atoms with E-state index in [0.717, 1.165) is 23.0 Å². The van der Waals surface area contributed by atoms with Crippen molar-refractivity contribution in [3.05, 3.63) is 83.9 Å². The number of hydrogen-bond acceptors (Lipinski definition) is 4. The van der Waals surface area contributed by atoms with Crippen molar-refractivity contribution in [1.29, 1.82) is 0 Å². The van der Waals surface area contributed by atoms with Crippen LogP contribution in [0.2, 0.25) is 0 Å². The van der Waals surface area contributed by atoms with Gasteiger partial charge in [0.05, 0.1) is 5.56 Å². The molecule has 0 N–H and O–H groups in total. The minimum Gasteiger partial charge on any atom is -0.488 e. The van der Waals surface area contributed by atoms with Crippen LogP contribution >= 0.6 is 0 Å². The Morgan fingerprint density at radius 2 is 1.54 bits per heavy atom. The van der Waals surface area contributed by atoms with E-state index in [1.807, 2.05) is 66.7 Å². The molecule has 0 bridgehead atoms. The van der Waals surface area contributed by atoms with Crippen LogP contribution in [0.1, 0.15) is 15.9 Å². The van der Waals surface area contributed by atoms with Gasteiger partial charge < -0.3 is 14.2 Å². The fourth-order valence-corrected chi connectivity index (χ4v) is 2.69. The van der Waals surface area contributed by atoms with Crippen LogP contribution in [0.3, 0.4) is 0 Å². The summed E-state index contributed by atoms with van der Waals surface area (Å²) in [6.45, 7) is 0.518. The third kappa shape index (κ3) is 4.10. The minimum absolute atomic E-state index is 0.143. The normalized spacial score (nSPS) is 10.3. The summed E-state index contributed by atoms with van der Waals surface area (Å²) >= 11 is 0. The van der Waals surface area contributed by atoms with Crippen molar-refractivity contribution in [3.63, 3.8) is 0 Å². The Morgan fingerprint density at radius 1 is 0.808 bits per heavy atom. The lowest BCUT2D eigenvalue weighted by molar-refractivity contribution is 0.0515. The summed E-state index contributed by atoms with van der Waals surface area (Å²) in [4.78, 5) is 11.5. The maximum absolute atomic E-state index is 11.5. The predicted molar refractivity (Wildman–Crippen MR) is 101 cm³/mol. The molecule has 0 aromatic heterocycles. The monoisotopic (exact) mass is 348 g/mol. The molecule has 4 nitrogen and oxygen atoms in total. The molecular formula is C22H20O4. The van der Waals surface area contributed by atoms with Crippen LogP contribution in [0.4, 0.5) is 0 Å². The molecular weight excluding hydrogens is 328 g/mol. The second-order valence-corrected chi connectivity index (χ2v) is 5.66. The van der Waals surface area contributed by atoms with Gasteiger partial charge in [0.25, 0.3) is 0 Å². The second-order valence-electron chi connectivity index (χ2n) is 5.66. The molecule has 0 aliphatic rings. The van der Waals surface area contributed by atoms with Crippen LogP contribution in [0, 0.1) is 0 Å². The number of aldehydes is 1. The summed E-state index contributed by atoms with van der Waals surface area (Å²) in [5.41, 5.74) is 3.18. The highest BCUT2D eigenvalue weighted by atomic mass is 16.7. The van der Waals surface area contributed by atoms with E-state index < -0.39 is 0 Å². The summed E-state index contributed by atoms with van der Waals surface area (Å²) in [6, 6.07) is 23.0. The van der Waals surface area contributed by atoms with Crippen LogP contribution in [0.5, 0.6) is 11.5 Å². The van der Waals surface area contributed by atoms with E-state index in [1.54, 1.807) is 13.2 Å². The minimum atomic E-state index is 0.143. The van der Waals surface area contributed by atoms with Crippen LogP contribution in [-0.2, 0) is 11.3 Å².